The summed E-state index contributed by atoms with van der Waals surface area (Å²) in [7, 11) is 1.71. The molecule has 1 aromatic carbocycles. The van der Waals surface area contributed by atoms with Crippen LogP contribution in [0.4, 0.5) is 24.5 Å². The van der Waals surface area contributed by atoms with Gasteiger partial charge in [0.1, 0.15) is 0 Å². The topological polar surface area (TPSA) is 53.2 Å². The van der Waals surface area contributed by atoms with Gasteiger partial charge < -0.3 is 16.0 Å². The second kappa shape index (κ2) is 8.03. The highest BCUT2D eigenvalue weighted by atomic mass is 19.4. The number of carbonyl (C=O) groups excluding carboxylic acids is 1. The Hall–Kier alpha value is -1.76. The number of hydrogen-bond donors (Lipinski definition) is 3. The van der Waals surface area contributed by atoms with Crippen LogP contribution in [0.25, 0.3) is 0 Å². The maximum atomic E-state index is 12.8. The zero-order valence-electron chi connectivity index (χ0n) is 13.0. The van der Waals surface area contributed by atoms with Crippen molar-refractivity contribution in [3.05, 3.63) is 23.8 Å². The SMILES string of the molecule is CCCNc1ccc(C(F)(F)F)cc1NC(=O)C(C)CNC. The third kappa shape index (κ3) is 5.22. The van der Waals surface area contributed by atoms with Crippen molar-refractivity contribution in [3.8, 4) is 0 Å². The molecule has 0 saturated heterocycles. The molecule has 0 heterocycles. The number of amides is 1. The van der Waals surface area contributed by atoms with E-state index in [0.717, 1.165) is 18.6 Å². The summed E-state index contributed by atoms with van der Waals surface area (Å²) >= 11 is 0. The molecule has 0 spiro atoms. The lowest BCUT2D eigenvalue weighted by atomic mass is 10.1. The fourth-order valence-corrected chi connectivity index (χ4v) is 1.89. The van der Waals surface area contributed by atoms with Crippen LogP contribution in [0.15, 0.2) is 18.2 Å². The van der Waals surface area contributed by atoms with Gasteiger partial charge in [0, 0.05) is 19.0 Å². The van der Waals surface area contributed by atoms with Crippen LogP contribution in [-0.4, -0.2) is 26.0 Å². The number of hydrogen-bond acceptors (Lipinski definition) is 3. The number of rotatable bonds is 7. The molecule has 0 aromatic heterocycles. The quantitative estimate of drug-likeness (QED) is 0.723. The predicted molar refractivity (Wildman–Crippen MR) is 81.9 cm³/mol. The monoisotopic (exact) mass is 317 g/mol. The Morgan fingerprint density at radius 1 is 1.27 bits per heavy atom. The van der Waals surface area contributed by atoms with E-state index in [9.17, 15) is 18.0 Å². The van der Waals surface area contributed by atoms with Crippen LogP contribution in [0.1, 0.15) is 25.8 Å². The van der Waals surface area contributed by atoms with E-state index in [1.807, 2.05) is 6.92 Å². The minimum Gasteiger partial charge on any atom is -0.383 e. The summed E-state index contributed by atoms with van der Waals surface area (Å²) in [6.07, 6.45) is -3.62. The fraction of sp³-hybridized carbons (Fsp3) is 0.533. The van der Waals surface area contributed by atoms with Crippen LogP contribution in [0.2, 0.25) is 0 Å². The molecule has 124 valence electrons. The van der Waals surface area contributed by atoms with E-state index in [0.29, 0.717) is 18.8 Å². The summed E-state index contributed by atoms with van der Waals surface area (Å²) in [5, 5.41) is 8.46. The van der Waals surface area contributed by atoms with E-state index in [1.165, 1.54) is 6.07 Å². The predicted octanol–water partition coefficient (Wildman–Crippen LogP) is 3.32. The molecular weight excluding hydrogens is 295 g/mol. The Morgan fingerprint density at radius 3 is 2.50 bits per heavy atom. The van der Waals surface area contributed by atoms with Crippen LogP contribution in [-0.2, 0) is 11.0 Å². The minimum atomic E-state index is -4.45. The zero-order valence-corrected chi connectivity index (χ0v) is 13.0. The smallest absolute Gasteiger partial charge is 0.383 e. The first-order valence-electron chi connectivity index (χ1n) is 7.20. The van der Waals surface area contributed by atoms with E-state index >= 15 is 0 Å². The van der Waals surface area contributed by atoms with Crippen molar-refractivity contribution in [2.45, 2.75) is 26.4 Å². The van der Waals surface area contributed by atoms with Crippen molar-refractivity contribution in [1.29, 1.82) is 0 Å². The zero-order chi connectivity index (χ0) is 16.8. The molecule has 0 aliphatic carbocycles. The van der Waals surface area contributed by atoms with Gasteiger partial charge in [-0.25, -0.2) is 0 Å². The highest BCUT2D eigenvalue weighted by molar-refractivity contribution is 5.95. The van der Waals surface area contributed by atoms with Crippen molar-refractivity contribution in [2.75, 3.05) is 30.8 Å². The molecule has 7 heteroatoms. The number of carbonyl (C=O) groups is 1. The molecule has 0 aliphatic rings. The average molecular weight is 317 g/mol. The summed E-state index contributed by atoms with van der Waals surface area (Å²) in [6, 6.07) is 3.31. The standard InChI is InChI=1S/C15H22F3N3O/c1-4-7-20-12-6-5-11(15(16,17)18)8-13(12)21-14(22)10(2)9-19-3/h5-6,8,10,19-20H,4,7,9H2,1-3H3,(H,21,22). The van der Waals surface area contributed by atoms with Gasteiger partial charge in [0.05, 0.1) is 16.9 Å². The number of halogens is 3. The van der Waals surface area contributed by atoms with Crippen LogP contribution in [0, 0.1) is 5.92 Å². The number of nitrogens with one attached hydrogen (secondary N) is 3. The lowest BCUT2D eigenvalue weighted by Gasteiger charge is -2.17. The molecule has 1 unspecified atom stereocenters. The molecule has 1 amide bonds. The van der Waals surface area contributed by atoms with Crippen LogP contribution in [0.3, 0.4) is 0 Å². The van der Waals surface area contributed by atoms with Crippen molar-refractivity contribution >= 4 is 17.3 Å². The number of anilines is 2. The lowest BCUT2D eigenvalue weighted by Crippen LogP contribution is -2.29. The summed E-state index contributed by atoms with van der Waals surface area (Å²) in [5.74, 6) is -0.674. The van der Waals surface area contributed by atoms with Crippen molar-refractivity contribution < 1.29 is 18.0 Å². The summed E-state index contributed by atoms with van der Waals surface area (Å²) in [6.45, 7) is 4.71. The molecule has 1 aromatic rings. The largest absolute Gasteiger partial charge is 0.416 e. The number of alkyl halides is 3. The van der Waals surface area contributed by atoms with E-state index in [1.54, 1.807) is 14.0 Å². The number of benzene rings is 1. The van der Waals surface area contributed by atoms with E-state index in [2.05, 4.69) is 16.0 Å². The van der Waals surface area contributed by atoms with Gasteiger partial charge in [-0.3, -0.25) is 4.79 Å². The van der Waals surface area contributed by atoms with Gasteiger partial charge in [0.25, 0.3) is 0 Å². The average Bonchev–Trinajstić information content (AvgIpc) is 2.45. The highest BCUT2D eigenvalue weighted by Crippen LogP contribution is 2.34. The molecule has 1 atom stereocenters. The van der Waals surface area contributed by atoms with E-state index in [4.69, 9.17) is 0 Å². The molecule has 0 radical (unpaired) electrons. The summed E-state index contributed by atoms with van der Waals surface area (Å²) < 4.78 is 38.5. The second-order valence-electron chi connectivity index (χ2n) is 5.13. The first-order chi connectivity index (χ1) is 10.3. The minimum absolute atomic E-state index is 0.149. The molecule has 0 fully saturated rings. The Balaban J connectivity index is 3.03. The molecule has 4 nitrogen and oxygen atoms in total. The summed E-state index contributed by atoms with van der Waals surface area (Å²) in [4.78, 5) is 12.0. The van der Waals surface area contributed by atoms with Crippen LogP contribution < -0.4 is 16.0 Å². The normalized spacial score (nSPS) is 12.8. The van der Waals surface area contributed by atoms with Crippen molar-refractivity contribution in [1.82, 2.24) is 5.32 Å². The Labute approximate surface area is 128 Å². The molecule has 0 bridgehead atoms. The van der Waals surface area contributed by atoms with Gasteiger partial charge in [-0.15, -0.1) is 0 Å². The Bertz CT molecular complexity index is 503. The Morgan fingerprint density at radius 2 is 1.95 bits per heavy atom. The maximum Gasteiger partial charge on any atom is 0.416 e. The van der Waals surface area contributed by atoms with Gasteiger partial charge in [-0.1, -0.05) is 13.8 Å². The highest BCUT2D eigenvalue weighted by Gasteiger charge is 2.31. The van der Waals surface area contributed by atoms with E-state index in [-0.39, 0.29) is 17.5 Å². The first kappa shape index (κ1) is 18.3. The summed E-state index contributed by atoms with van der Waals surface area (Å²) in [5.41, 5.74) is -0.151. The molecule has 0 saturated carbocycles. The van der Waals surface area contributed by atoms with Crippen molar-refractivity contribution in [2.24, 2.45) is 5.92 Å². The maximum absolute atomic E-state index is 12.8. The third-order valence-electron chi connectivity index (χ3n) is 3.13. The van der Waals surface area contributed by atoms with Gasteiger partial charge in [0.15, 0.2) is 0 Å². The third-order valence-corrected chi connectivity index (χ3v) is 3.13. The Kier molecular flexibility index (Phi) is 6.67. The van der Waals surface area contributed by atoms with Crippen LogP contribution in [0.5, 0.6) is 0 Å². The molecule has 0 aliphatic heterocycles. The first-order valence-corrected chi connectivity index (χ1v) is 7.20. The van der Waals surface area contributed by atoms with Gasteiger partial charge in [0.2, 0.25) is 5.91 Å². The molecule has 3 N–H and O–H groups in total. The van der Waals surface area contributed by atoms with Crippen LogP contribution >= 0.6 is 0 Å². The van der Waals surface area contributed by atoms with Gasteiger partial charge in [-0.2, -0.15) is 13.2 Å². The molecular formula is C15H22F3N3O. The molecule has 1 rings (SSSR count). The van der Waals surface area contributed by atoms with Crippen molar-refractivity contribution in [3.63, 3.8) is 0 Å². The van der Waals surface area contributed by atoms with Gasteiger partial charge >= 0.3 is 6.18 Å². The molecule has 22 heavy (non-hydrogen) atoms. The van der Waals surface area contributed by atoms with Gasteiger partial charge in [-0.05, 0) is 31.7 Å². The lowest BCUT2D eigenvalue weighted by molar-refractivity contribution is -0.137. The fourth-order valence-electron chi connectivity index (χ4n) is 1.89. The second-order valence-corrected chi connectivity index (χ2v) is 5.13. The van der Waals surface area contributed by atoms with E-state index < -0.39 is 11.7 Å².